The lowest BCUT2D eigenvalue weighted by Gasteiger charge is -2.26. The number of fused-ring (bicyclic) bond motifs is 3. The summed E-state index contributed by atoms with van der Waals surface area (Å²) >= 11 is 0. The molecule has 2 aliphatic carbocycles. The van der Waals surface area contributed by atoms with Gasteiger partial charge in [-0.3, -0.25) is 0 Å². The van der Waals surface area contributed by atoms with Crippen LogP contribution in [0.15, 0.2) is 36.4 Å². The van der Waals surface area contributed by atoms with Gasteiger partial charge in [0.25, 0.3) is 0 Å². The molecular formula is C20H25N. The Bertz CT molecular complexity index is 660. The molecule has 21 heavy (non-hydrogen) atoms. The topological polar surface area (TPSA) is 26.0 Å². The summed E-state index contributed by atoms with van der Waals surface area (Å²) in [4.78, 5) is 0. The fourth-order valence-corrected chi connectivity index (χ4v) is 5.01. The highest BCUT2D eigenvalue weighted by Crippen LogP contribution is 2.51. The zero-order valence-electron chi connectivity index (χ0n) is 12.9. The van der Waals surface area contributed by atoms with Crippen molar-refractivity contribution in [2.24, 2.45) is 23.5 Å². The maximum Gasteiger partial charge on any atom is 0.0306 e. The van der Waals surface area contributed by atoms with Gasteiger partial charge in [-0.1, -0.05) is 42.8 Å². The quantitative estimate of drug-likeness (QED) is 0.843. The van der Waals surface area contributed by atoms with E-state index in [9.17, 15) is 0 Å². The smallest absolute Gasteiger partial charge is 0.0306 e. The number of benzene rings is 2. The first kappa shape index (κ1) is 13.3. The van der Waals surface area contributed by atoms with Gasteiger partial charge in [-0.05, 0) is 72.3 Å². The molecule has 4 unspecified atom stereocenters. The molecule has 4 rings (SSSR count). The lowest BCUT2D eigenvalue weighted by molar-refractivity contribution is 0.296. The molecule has 2 fully saturated rings. The standard InChI is InChI=1S/C20H25N/c1-13-6-8-15-4-2-3-5-18(15)20(13)19(21)12-17-11-14-7-9-16(17)10-14/h2-6,8,14,16-17,19H,7,9-12,21H2,1H3. The third kappa shape index (κ3) is 2.28. The van der Waals surface area contributed by atoms with Gasteiger partial charge < -0.3 is 5.73 Å². The summed E-state index contributed by atoms with van der Waals surface area (Å²) in [5, 5.41) is 2.68. The molecule has 0 aliphatic heterocycles. The summed E-state index contributed by atoms with van der Waals surface area (Å²) in [6, 6.07) is 13.3. The second-order valence-electron chi connectivity index (χ2n) is 7.29. The van der Waals surface area contributed by atoms with Crippen molar-refractivity contribution in [3.63, 3.8) is 0 Å². The van der Waals surface area contributed by atoms with Crippen molar-refractivity contribution in [1.29, 1.82) is 0 Å². The van der Waals surface area contributed by atoms with Gasteiger partial charge >= 0.3 is 0 Å². The molecule has 0 radical (unpaired) electrons. The highest BCUT2D eigenvalue weighted by Gasteiger charge is 2.40. The van der Waals surface area contributed by atoms with Gasteiger partial charge in [0.2, 0.25) is 0 Å². The molecule has 0 amide bonds. The second kappa shape index (κ2) is 5.14. The van der Waals surface area contributed by atoms with Crippen LogP contribution in [0.5, 0.6) is 0 Å². The first-order chi connectivity index (χ1) is 10.2. The van der Waals surface area contributed by atoms with Gasteiger partial charge in [-0.2, -0.15) is 0 Å². The fraction of sp³-hybridized carbons (Fsp3) is 0.500. The van der Waals surface area contributed by atoms with Crippen LogP contribution < -0.4 is 5.73 Å². The average Bonchev–Trinajstić information content (AvgIpc) is 3.09. The van der Waals surface area contributed by atoms with Crippen LogP contribution >= 0.6 is 0 Å². The Balaban J connectivity index is 1.64. The van der Waals surface area contributed by atoms with E-state index >= 15 is 0 Å². The van der Waals surface area contributed by atoms with E-state index in [0.717, 1.165) is 17.8 Å². The molecule has 110 valence electrons. The lowest BCUT2D eigenvalue weighted by Crippen LogP contribution is -2.20. The minimum atomic E-state index is 0.195. The molecule has 0 heterocycles. The molecule has 2 aromatic rings. The van der Waals surface area contributed by atoms with Crippen molar-refractivity contribution >= 4 is 10.8 Å². The number of nitrogens with two attached hydrogens (primary N) is 1. The van der Waals surface area contributed by atoms with Crippen LogP contribution in [-0.4, -0.2) is 0 Å². The summed E-state index contributed by atoms with van der Waals surface area (Å²) in [5.74, 6) is 2.86. The summed E-state index contributed by atoms with van der Waals surface area (Å²) in [6.07, 6.45) is 7.02. The second-order valence-corrected chi connectivity index (χ2v) is 7.29. The largest absolute Gasteiger partial charge is 0.324 e. The molecule has 2 aromatic carbocycles. The van der Waals surface area contributed by atoms with Crippen molar-refractivity contribution in [2.75, 3.05) is 0 Å². The molecular weight excluding hydrogens is 254 g/mol. The van der Waals surface area contributed by atoms with E-state index in [2.05, 4.69) is 43.3 Å². The zero-order chi connectivity index (χ0) is 14.4. The summed E-state index contributed by atoms with van der Waals surface area (Å²) in [5.41, 5.74) is 9.41. The predicted octanol–water partition coefficient (Wildman–Crippen LogP) is 4.97. The van der Waals surface area contributed by atoms with E-state index in [0.29, 0.717) is 0 Å². The zero-order valence-corrected chi connectivity index (χ0v) is 12.9. The van der Waals surface area contributed by atoms with Crippen molar-refractivity contribution in [3.05, 3.63) is 47.5 Å². The third-order valence-corrected chi connectivity index (χ3v) is 6.00. The molecule has 2 N–H and O–H groups in total. The fourth-order valence-electron chi connectivity index (χ4n) is 5.01. The summed E-state index contributed by atoms with van der Waals surface area (Å²) < 4.78 is 0. The van der Waals surface area contributed by atoms with E-state index in [1.807, 2.05) is 0 Å². The Morgan fingerprint density at radius 2 is 1.95 bits per heavy atom. The number of aryl methyl sites for hydroxylation is 1. The molecule has 0 saturated heterocycles. The van der Waals surface area contributed by atoms with Gasteiger partial charge in [-0.15, -0.1) is 0 Å². The molecule has 0 aromatic heterocycles. The third-order valence-electron chi connectivity index (χ3n) is 6.00. The molecule has 4 atom stereocenters. The van der Waals surface area contributed by atoms with Crippen LogP contribution in [0, 0.1) is 24.7 Å². The van der Waals surface area contributed by atoms with Crippen molar-refractivity contribution in [3.8, 4) is 0 Å². The Morgan fingerprint density at radius 1 is 1.10 bits per heavy atom. The minimum absolute atomic E-state index is 0.195. The van der Waals surface area contributed by atoms with Crippen LogP contribution in [0.2, 0.25) is 0 Å². The Hall–Kier alpha value is -1.34. The predicted molar refractivity (Wildman–Crippen MR) is 89.2 cm³/mol. The highest BCUT2D eigenvalue weighted by molar-refractivity contribution is 5.87. The average molecular weight is 279 g/mol. The SMILES string of the molecule is Cc1ccc2ccccc2c1C(N)CC1CC2CCC1C2. The number of hydrogen-bond donors (Lipinski definition) is 1. The molecule has 2 saturated carbocycles. The highest BCUT2D eigenvalue weighted by atomic mass is 14.6. The summed E-state index contributed by atoms with van der Waals surface area (Å²) in [6.45, 7) is 2.21. The number of hydrogen-bond acceptors (Lipinski definition) is 1. The summed E-state index contributed by atoms with van der Waals surface area (Å²) in [7, 11) is 0. The first-order valence-corrected chi connectivity index (χ1v) is 8.46. The van der Waals surface area contributed by atoms with E-state index < -0.39 is 0 Å². The molecule has 2 bridgehead atoms. The molecule has 1 heteroatoms. The van der Waals surface area contributed by atoms with Gasteiger partial charge in [0.05, 0.1) is 0 Å². The monoisotopic (exact) mass is 279 g/mol. The van der Waals surface area contributed by atoms with Gasteiger partial charge in [0, 0.05) is 6.04 Å². The van der Waals surface area contributed by atoms with Crippen molar-refractivity contribution in [2.45, 2.75) is 45.1 Å². The maximum atomic E-state index is 6.67. The van der Waals surface area contributed by atoms with Crippen LogP contribution in [0.25, 0.3) is 10.8 Å². The van der Waals surface area contributed by atoms with Crippen LogP contribution in [-0.2, 0) is 0 Å². The van der Waals surface area contributed by atoms with E-state index in [4.69, 9.17) is 5.73 Å². The normalized spacial score (nSPS) is 29.1. The van der Waals surface area contributed by atoms with E-state index in [1.54, 1.807) is 0 Å². The first-order valence-electron chi connectivity index (χ1n) is 8.46. The minimum Gasteiger partial charge on any atom is -0.324 e. The van der Waals surface area contributed by atoms with Crippen LogP contribution in [0.4, 0.5) is 0 Å². The molecule has 1 nitrogen and oxygen atoms in total. The van der Waals surface area contributed by atoms with Gasteiger partial charge in [-0.25, -0.2) is 0 Å². The maximum absolute atomic E-state index is 6.67. The van der Waals surface area contributed by atoms with Gasteiger partial charge in [0.1, 0.15) is 0 Å². The van der Waals surface area contributed by atoms with E-state index in [-0.39, 0.29) is 6.04 Å². The van der Waals surface area contributed by atoms with Crippen LogP contribution in [0.3, 0.4) is 0 Å². The Kier molecular flexibility index (Phi) is 3.26. The van der Waals surface area contributed by atoms with Gasteiger partial charge in [0.15, 0.2) is 0 Å². The van der Waals surface area contributed by atoms with Crippen LogP contribution in [0.1, 0.15) is 49.3 Å². The number of rotatable bonds is 3. The van der Waals surface area contributed by atoms with Crippen molar-refractivity contribution in [1.82, 2.24) is 0 Å². The molecule has 0 spiro atoms. The van der Waals surface area contributed by atoms with E-state index in [1.165, 1.54) is 54.0 Å². The Labute approximate surface area is 127 Å². The van der Waals surface area contributed by atoms with Crippen molar-refractivity contribution < 1.29 is 0 Å². The molecule has 2 aliphatic rings. The lowest BCUT2D eigenvalue weighted by atomic mass is 9.81. The Morgan fingerprint density at radius 3 is 2.71 bits per heavy atom.